The van der Waals surface area contributed by atoms with Gasteiger partial charge in [0.15, 0.2) is 0 Å². The lowest BCUT2D eigenvalue weighted by atomic mass is 9.79. The van der Waals surface area contributed by atoms with Crippen LogP contribution >= 0.6 is 11.6 Å². The van der Waals surface area contributed by atoms with E-state index < -0.39 is 10.2 Å². The van der Waals surface area contributed by atoms with Crippen molar-refractivity contribution in [2.45, 2.75) is 20.3 Å². The molecule has 0 saturated carbocycles. The summed E-state index contributed by atoms with van der Waals surface area (Å²) in [5, 5.41) is 0.663. The molecule has 146 valence electrons. The average Bonchev–Trinajstić information content (AvgIpc) is 2.63. The Bertz CT molecular complexity index is 878. The monoisotopic (exact) mass is 408 g/mol. The first-order chi connectivity index (χ1) is 12.8. The standard InChI is InChI=1S/C20H25ClN2O3S/c1-20(2)16-23(27(24,25)22-11-13-26-14-12-22)10-9-18(20)7-3-5-17-6-4-8-19(21)15-17/h4,6-8,15H,9-14,16H2,1-2H3/b18-7+. The Morgan fingerprint density at radius 3 is 2.59 bits per heavy atom. The predicted molar refractivity (Wildman–Crippen MR) is 108 cm³/mol. The Morgan fingerprint density at radius 2 is 1.93 bits per heavy atom. The molecule has 0 unspecified atom stereocenters. The normalized spacial score (nSPS) is 23.0. The number of morpholine rings is 1. The fraction of sp³-hybridized carbons (Fsp3) is 0.500. The molecule has 1 aromatic rings. The van der Waals surface area contributed by atoms with Gasteiger partial charge in [0, 0.05) is 42.2 Å². The molecular weight excluding hydrogens is 384 g/mol. The number of piperidine rings is 1. The molecule has 3 rings (SSSR count). The van der Waals surface area contributed by atoms with Crippen molar-refractivity contribution in [3.05, 3.63) is 46.5 Å². The SMILES string of the molecule is CC1(C)CN(S(=O)(=O)N2CCOCC2)CC/C1=C\C#Cc1cccc(Cl)c1. The topological polar surface area (TPSA) is 49.9 Å². The zero-order valence-electron chi connectivity index (χ0n) is 15.7. The van der Waals surface area contributed by atoms with Crippen molar-refractivity contribution in [3.8, 4) is 11.8 Å². The largest absolute Gasteiger partial charge is 0.379 e. The van der Waals surface area contributed by atoms with Gasteiger partial charge in [-0.25, -0.2) is 0 Å². The van der Waals surface area contributed by atoms with E-state index in [0.29, 0.717) is 50.8 Å². The van der Waals surface area contributed by atoms with Gasteiger partial charge >= 0.3 is 0 Å². The van der Waals surface area contributed by atoms with Crippen LogP contribution in [0, 0.1) is 17.3 Å². The first-order valence-corrected chi connectivity index (χ1v) is 10.9. The Hall–Kier alpha value is -1.36. The second-order valence-corrected chi connectivity index (χ2v) is 9.80. The first kappa shape index (κ1) is 20.4. The minimum atomic E-state index is -3.44. The van der Waals surface area contributed by atoms with Gasteiger partial charge in [-0.2, -0.15) is 17.0 Å². The molecule has 0 amide bonds. The molecule has 5 nitrogen and oxygen atoms in total. The van der Waals surface area contributed by atoms with Crippen molar-refractivity contribution in [2.24, 2.45) is 5.41 Å². The summed E-state index contributed by atoms with van der Waals surface area (Å²) >= 11 is 5.98. The Kier molecular flexibility index (Phi) is 6.29. The fourth-order valence-corrected chi connectivity index (χ4v) is 5.32. The summed E-state index contributed by atoms with van der Waals surface area (Å²) in [7, 11) is -3.44. The highest BCUT2D eigenvalue weighted by Gasteiger charge is 2.39. The van der Waals surface area contributed by atoms with Gasteiger partial charge in [0.25, 0.3) is 10.2 Å². The van der Waals surface area contributed by atoms with Gasteiger partial charge < -0.3 is 4.74 Å². The molecule has 2 fully saturated rings. The predicted octanol–water partition coefficient (Wildman–Crippen LogP) is 2.93. The lowest BCUT2D eigenvalue weighted by Gasteiger charge is -2.41. The number of nitrogens with zero attached hydrogens (tertiary/aromatic N) is 2. The summed E-state index contributed by atoms with van der Waals surface area (Å²) in [5.41, 5.74) is 1.77. The summed E-state index contributed by atoms with van der Waals surface area (Å²) in [6.45, 7) is 6.84. The van der Waals surface area contributed by atoms with Crippen LogP contribution in [0.5, 0.6) is 0 Å². The van der Waals surface area contributed by atoms with Crippen molar-refractivity contribution >= 4 is 21.8 Å². The van der Waals surface area contributed by atoms with Crippen LogP contribution in [-0.4, -0.2) is 56.4 Å². The van der Waals surface area contributed by atoms with Gasteiger partial charge in [-0.3, -0.25) is 0 Å². The zero-order valence-corrected chi connectivity index (χ0v) is 17.3. The second kappa shape index (κ2) is 8.34. The van der Waals surface area contributed by atoms with Gasteiger partial charge in [0.05, 0.1) is 13.2 Å². The van der Waals surface area contributed by atoms with E-state index in [2.05, 4.69) is 25.7 Å². The van der Waals surface area contributed by atoms with Gasteiger partial charge in [0.2, 0.25) is 0 Å². The minimum absolute atomic E-state index is 0.263. The molecule has 0 aliphatic carbocycles. The lowest BCUT2D eigenvalue weighted by Crippen LogP contribution is -2.53. The van der Waals surface area contributed by atoms with E-state index in [4.69, 9.17) is 16.3 Å². The number of allylic oxidation sites excluding steroid dienone is 1. The summed E-state index contributed by atoms with van der Waals surface area (Å²) in [6.07, 6.45) is 2.61. The maximum Gasteiger partial charge on any atom is 0.282 e. The second-order valence-electron chi connectivity index (χ2n) is 7.44. The molecule has 1 aromatic carbocycles. The molecular formula is C20H25ClN2O3S. The molecule has 2 aliphatic heterocycles. The van der Waals surface area contributed by atoms with Gasteiger partial charge in [-0.05, 0) is 30.7 Å². The van der Waals surface area contributed by atoms with E-state index in [0.717, 1.165) is 5.56 Å². The van der Waals surface area contributed by atoms with E-state index in [1.807, 2.05) is 30.3 Å². The molecule has 2 saturated heterocycles. The summed E-state index contributed by atoms with van der Waals surface area (Å²) in [5.74, 6) is 6.20. The average molecular weight is 409 g/mol. The highest BCUT2D eigenvalue weighted by atomic mass is 35.5. The number of rotatable bonds is 2. The highest BCUT2D eigenvalue weighted by Crippen LogP contribution is 2.35. The highest BCUT2D eigenvalue weighted by molar-refractivity contribution is 7.86. The van der Waals surface area contributed by atoms with E-state index in [9.17, 15) is 8.42 Å². The van der Waals surface area contributed by atoms with Gasteiger partial charge in [-0.15, -0.1) is 0 Å². The molecule has 2 heterocycles. The van der Waals surface area contributed by atoms with Crippen LogP contribution in [0.1, 0.15) is 25.8 Å². The van der Waals surface area contributed by atoms with Crippen molar-refractivity contribution in [1.82, 2.24) is 8.61 Å². The maximum absolute atomic E-state index is 12.9. The molecule has 0 aromatic heterocycles. The fourth-order valence-electron chi connectivity index (χ4n) is 3.38. The lowest BCUT2D eigenvalue weighted by molar-refractivity contribution is 0.0689. The summed E-state index contributed by atoms with van der Waals surface area (Å²) in [6, 6.07) is 7.44. The van der Waals surface area contributed by atoms with Gasteiger partial charge in [-0.1, -0.05) is 48.9 Å². The summed E-state index contributed by atoms with van der Waals surface area (Å²) in [4.78, 5) is 0. The molecule has 2 aliphatic rings. The minimum Gasteiger partial charge on any atom is -0.379 e. The first-order valence-electron chi connectivity index (χ1n) is 9.09. The van der Waals surface area contributed by atoms with Crippen molar-refractivity contribution in [1.29, 1.82) is 0 Å². The molecule has 7 heteroatoms. The van der Waals surface area contributed by atoms with Crippen molar-refractivity contribution < 1.29 is 13.2 Å². The molecule has 0 atom stereocenters. The molecule has 0 N–H and O–H groups in total. The van der Waals surface area contributed by atoms with Crippen molar-refractivity contribution in [2.75, 3.05) is 39.4 Å². The van der Waals surface area contributed by atoms with Crippen LogP contribution < -0.4 is 0 Å². The van der Waals surface area contributed by atoms with Crippen LogP contribution in [0.25, 0.3) is 0 Å². The van der Waals surface area contributed by atoms with E-state index >= 15 is 0 Å². The van der Waals surface area contributed by atoms with Gasteiger partial charge in [0.1, 0.15) is 0 Å². The zero-order chi connectivity index (χ0) is 19.5. The third-order valence-electron chi connectivity index (χ3n) is 4.98. The Labute approximate surface area is 167 Å². The Morgan fingerprint density at radius 1 is 1.19 bits per heavy atom. The third-order valence-corrected chi connectivity index (χ3v) is 7.20. The van der Waals surface area contributed by atoms with Crippen LogP contribution in [0.15, 0.2) is 35.9 Å². The molecule has 27 heavy (non-hydrogen) atoms. The number of benzene rings is 1. The van der Waals surface area contributed by atoms with Crippen LogP contribution in [-0.2, 0) is 14.9 Å². The summed E-state index contributed by atoms with van der Waals surface area (Å²) < 4.78 is 34.2. The van der Waals surface area contributed by atoms with Crippen LogP contribution in [0.4, 0.5) is 0 Å². The van der Waals surface area contributed by atoms with Crippen LogP contribution in [0.2, 0.25) is 5.02 Å². The molecule has 0 bridgehead atoms. The number of hydrogen-bond acceptors (Lipinski definition) is 3. The quantitative estimate of drug-likeness (QED) is 0.707. The Balaban J connectivity index is 1.72. The number of ether oxygens (including phenoxy) is 1. The van der Waals surface area contributed by atoms with Crippen molar-refractivity contribution in [3.63, 3.8) is 0 Å². The van der Waals surface area contributed by atoms with E-state index in [1.165, 1.54) is 9.88 Å². The number of hydrogen-bond donors (Lipinski definition) is 0. The van der Waals surface area contributed by atoms with E-state index in [1.54, 1.807) is 4.31 Å². The van der Waals surface area contributed by atoms with Crippen LogP contribution in [0.3, 0.4) is 0 Å². The number of halogens is 1. The molecule has 0 spiro atoms. The molecule has 0 radical (unpaired) electrons. The van der Waals surface area contributed by atoms with E-state index in [-0.39, 0.29) is 5.41 Å². The maximum atomic E-state index is 12.9. The smallest absolute Gasteiger partial charge is 0.282 e. The third kappa shape index (κ3) is 4.92.